The van der Waals surface area contributed by atoms with Crippen LogP contribution in [-0.4, -0.2) is 38.8 Å². The molecule has 8 nitrogen and oxygen atoms in total. The first kappa shape index (κ1) is 17.7. The van der Waals surface area contributed by atoms with Gasteiger partial charge in [0, 0.05) is 32.5 Å². The number of aryl methyl sites for hydroxylation is 2. The molecule has 1 atom stereocenters. The van der Waals surface area contributed by atoms with Crippen LogP contribution in [0.3, 0.4) is 0 Å². The van der Waals surface area contributed by atoms with Crippen LogP contribution >= 0.6 is 0 Å². The number of ether oxygens (including phenoxy) is 1. The topological polar surface area (TPSA) is 95.1 Å². The van der Waals surface area contributed by atoms with Gasteiger partial charge in [0.25, 0.3) is 5.89 Å². The summed E-state index contributed by atoms with van der Waals surface area (Å²) in [5, 5.41) is 6.87. The van der Waals surface area contributed by atoms with Crippen molar-refractivity contribution >= 4 is 16.9 Å². The Labute approximate surface area is 156 Å². The number of hydrogen-bond acceptors (Lipinski definition) is 6. The Morgan fingerprint density at radius 2 is 2.22 bits per heavy atom. The van der Waals surface area contributed by atoms with Gasteiger partial charge in [-0.25, -0.2) is 4.98 Å². The SMILES string of the molecule is Cc1nc2ccccc2n1CCC(=O)NCCc1noc([C@@H]2CCCO2)n1. The number of rotatable bonds is 7. The summed E-state index contributed by atoms with van der Waals surface area (Å²) in [7, 11) is 0. The van der Waals surface area contributed by atoms with Crippen LogP contribution in [-0.2, 0) is 22.5 Å². The maximum absolute atomic E-state index is 12.2. The zero-order valence-corrected chi connectivity index (χ0v) is 15.4. The van der Waals surface area contributed by atoms with E-state index in [0.717, 1.165) is 36.3 Å². The van der Waals surface area contributed by atoms with Gasteiger partial charge in [-0.15, -0.1) is 0 Å². The summed E-state index contributed by atoms with van der Waals surface area (Å²) >= 11 is 0. The largest absolute Gasteiger partial charge is 0.368 e. The minimum absolute atomic E-state index is 0.00461. The number of benzene rings is 1. The molecule has 3 aromatic rings. The van der Waals surface area contributed by atoms with Crippen LogP contribution in [0.25, 0.3) is 11.0 Å². The molecule has 1 amide bonds. The molecule has 1 N–H and O–H groups in total. The number of carbonyl (C=O) groups excluding carboxylic acids is 1. The first-order chi connectivity index (χ1) is 13.2. The van der Waals surface area contributed by atoms with Crippen LogP contribution in [0, 0.1) is 6.92 Å². The van der Waals surface area contributed by atoms with E-state index in [2.05, 4.69) is 25.0 Å². The quantitative estimate of drug-likeness (QED) is 0.687. The molecular weight excluding hydrogens is 346 g/mol. The molecule has 1 aliphatic rings. The third-order valence-electron chi connectivity index (χ3n) is 4.77. The molecule has 0 saturated carbocycles. The van der Waals surface area contributed by atoms with Crippen LogP contribution in [0.5, 0.6) is 0 Å². The molecule has 3 heterocycles. The Balaban J connectivity index is 1.24. The van der Waals surface area contributed by atoms with Gasteiger partial charge in [-0.2, -0.15) is 4.98 Å². The number of imidazole rings is 1. The lowest BCUT2D eigenvalue weighted by molar-refractivity contribution is -0.121. The number of fused-ring (bicyclic) bond motifs is 1. The monoisotopic (exact) mass is 369 g/mol. The molecule has 1 aliphatic heterocycles. The number of para-hydroxylation sites is 2. The van der Waals surface area contributed by atoms with Crippen molar-refractivity contribution in [1.29, 1.82) is 0 Å². The highest BCUT2D eigenvalue weighted by Gasteiger charge is 2.23. The number of amides is 1. The lowest BCUT2D eigenvalue weighted by atomic mass is 10.2. The van der Waals surface area contributed by atoms with E-state index in [9.17, 15) is 4.79 Å². The van der Waals surface area contributed by atoms with E-state index in [1.807, 2.05) is 31.2 Å². The highest BCUT2D eigenvalue weighted by Crippen LogP contribution is 2.26. The Morgan fingerprint density at radius 1 is 1.33 bits per heavy atom. The van der Waals surface area contributed by atoms with E-state index >= 15 is 0 Å². The van der Waals surface area contributed by atoms with E-state index in [1.54, 1.807) is 0 Å². The van der Waals surface area contributed by atoms with E-state index < -0.39 is 0 Å². The van der Waals surface area contributed by atoms with Crippen molar-refractivity contribution in [1.82, 2.24) is 25.0 Å². The van der Waals surface area contributed by atoms with Gasteiger partial charge in [-0.1, -0.05) is 17.3 Å². The van der Waals surface area contributed by atoms with Crippen LogP contribution < -0.4 is 5.32 Å². The van der Waals surface area contributed by atoms with Crippen LogP contribution in [0.4, 0.5) is 0 Å². The maximum atomic E-state index is 12.2. The number of nitrogens with zero attached hydrogens (tertiary/aromatic N) is 4. The molecule has 0 aliphatic carbocycles. The van der Waals surface area contributed by atoms with Crippen molar-refractivity contribution in [3.63, 3.8) is 0 Å². The summed E-state index contributed by atoms with van der Waals surface area (Å²) in [4.78, 5) is 21.0. The van der Waals surface area contributed by atoms with Gasteiger partial charge >= 0.3 is 0 Å². The van der Waals surface area contributed by atoms with Gasteiger partial charge in [0.05, 0.1) is 11.0 Å². The van der Waals surface area contributed by atoms with Gasteiger partial charge in [-0.3, -0.25) is 4.79 Å². The van der Waals surface area contributed by atoms with Gasteiger partial charge in [0.2, 0.25) is 5.91 Å². The molecule has 0 radical (unpaired) electrons. The summed E-state index contributed by atoms with van der Waals surface area (Å²) in [5.74, 6) is 2.04. The fourth-order valence-electron chi connectivity index (χ4n) is 3.37. The molecule has 0 unspecified atom stereocenters. The third-order valence-corrected chi connectivity index (χ3v) is 4.77. The van der Waals surface area contributed by atoms with Gasteiger partial charge in [0.1, 0.15) is 11.9 Å². The van der Waals surface area contributed by atoms with Gasteiger partial charge < -0.3 is 19.1 Å². The van der Waals surface area contributed by atoms with Crippen LogP contribution in [0.1, 0.15) is 42.9 Å². The number of hydrogen-bond donors (Lipinski definition) is 1. The first-order valence-electron chi connectivity index (χ1n) is 9.33. The highest BCUT2D eigenvalue weighted by molar-refractivity contribution is 5.77. The molecule has 142 valence electrons. The molecule has 1 aromatic carbocycles. The fourth-order valence-corrected chi connectivity index (χ4v) is 3.37. The zero-order chi connectivity index (χ0) is 18.6. The van der Waals surface area contributed by atoms with E-state index in [4.69, 9.17) is 9.26 Å². The van der Waals surface area contributed by atoms with Crippen molar-refractivity contribution in [3.8, 4) is 0 Å². The van der Waals surface area contributed by atoms with Crippen LogP contribution in [0.2, 0.25) is 0 Å². The molecule has 27 heavy (non-hydrogen) atoms. The minimum Gasteiger partial charge on any atom is -0.368 e. The second kappa shape index (κ2) is 7.87. The van der Waals surface area contributed by atoms with Crippen molar-refractivity contribution in [2.75, 3.05) is 13.2 Å². The van der Waals surface area contributed by atoms with E-state index in [1.165, 1.54) is 0 Å². The predicted octanol–water partition coefficient (Wildman–Crippen LogP) is 2.33. The molecule has 8 heteroatoms. The smallest absolute Gasteiger partial charge is 0.255 e. The summed E-state index contributed by atoms with van der Waals surface area (Å²) < 4.78 is 12.8. The zero-order valence-electron chi connectivity index (χ0n) is 15.4. The molecule has 4 rings (SSSR count). The molecule has 2 aromatic heterocycles. The first-order valence-corrected chi connectivity index (χ1v) is 9.33. The number of carbonyl (C=O) groups is 1. The molecule has 0 bridgehead atoms. The second-order valence-corrected chi connectivity index (χ2v) is 6.70. The average molecular weight is 369 g/mol. The summed E-state index contributed by atoms with van der Waals surface area (Å²) in [6, 6.07) is 7.95. The predicted molar refractivity (Wildman–Crippen MR) is 98.0 cm³/mol. The Morgan fingerprint density at radius 3 is 3.07 bits per heavy atom. The molecule has 1 saturated heterocycles. The molecule has 0 spiro atoms. The number of aromatic nitrogens is 4. The summed E-state index contributed by atoms with van der Waals surface area (Å²) in [5.41, 5.74) is 2.01. The highest BCUT2D eigenvalue weighted by atomic mass is 16.5. The summed E-state index contributed by atoms with van der Waals surface area (Å²) in [6.07, 6.45) is 2.79. The maximum Gasteiger partial charge on any atom is 0.255 e. The van der Waals surface area contributed by atoms with Crippen molar-refractivity contribution < 1.29 is 14.1 Å². The Bertz CT molecular complexity index is 926. The van der Waals surface area contributed by atoms with Crippen molar-refractivity contribution in [2.45, 2.75) is 45.3 Å². The van der Waals surface area contributed by atoms with E-state index in [-0.39, 0.29) is 12.0 Å². The Hall–Kier alpha value is -2.74. The van der Waals surface area contributed by atoms with Gasteiger partial charge in [-0.05, 0) is 31.9 Å². The third kappa shape index (κ3) is 4.00. The average Bonchev–Trinajstić information content (AvgIpc) is 3.39. The summed E-state index contributed by atoms with van der Waals surface area (Å²) in [6.45, 7) is 3.78. The second-order valence-electron chi connectivity index (χ2n) is 6.70. The van der Waals surface area contributed by atoms with Gasteiger partial charge in [0.15, 0.2) is 5.82 Å². The van der Waals surface area contributed by atoms with E-state index in [0.29, 0.717) is 37.6 Å². The van der Waals surface area contributed by atoms with Crippen molar-refractivity contribution in [3.05, 3.63) is 41.8 Å². The van der Waals surface area contributed by atoms with Crippen LogP contribution in [0.15, 0.2) is 28.8 Å². The Kier molecular flexibility index (Phi) is 5.15. The van der Waals surface area contributed by atoms with Crippen molar-refractivity contribution in [2.24, 2.45) is 0 Å². The fraction of sp³-hybridized carbons (Fsp3) is 0.474. The lowest BCUT2D eigenvalue weighted by Gasteiger charge is -2.07. The standard InChI is InChI=1S/C19H23N5O3/c1-13-21-14-5-2-3-6-15(14)24(13)11-9-18(25)20-10-8-17-22-19(27-23-17)16-7-4-12-26-16/h2-3,5-6,16H,4,7-12H2,1H3,(H,20,25)/t16-/m0/s1. The molecular formula is C19H23N5O3. The molecule has 1 fully saturated rings. The lowest BCUT2D eigenvalue weighted by Crippen LogP contribution is -2.27. The number of nitrogens with one attached hydrogen (secondary N) is 1. The minimum atomic E-state index is -0.0749. The normalized spacial score (nSPS) is 16.9.